The van der Waals surface area contributed by atoms with Crippen molar-refractivity contribution in [3.05, 3.63) is 59.2 Å². The lowest BCUT2D eigenvalue weighted by Gasteiger charge is -2.36. The van der Waals surface area contributed by atoms with Crippen LogP contribution in [0.15, 0.2) is 53.6 Å². The van der Waals surface area contributed by atoms with E-state index in [2.05, 4.69) is 39.0 Å². The van der Waals surface area contributed by atoms with E-state index in [1.165, 1.54) is 5.57 Å². The third-order valence-electron chi connectivity index (χ3n) is 6.86. The summed E-state index contributed by atoms with van der Waals surface area (Å²) in [7, 11) is 0. The maximum atomic E-state index is 11.6. The Bertz CT molecular complexity index is 722. The molecule has 0 amide bonds. The van der Waals surface area contributed by atoms with Crippen LogP contribution in [-0.2, 0) is 11.2 Å². The summed E-state index contributed by atoms with van der Waals surface area (Å²) in [6.07, 6.45) is 8.55. The molecule has 1 fully saturated rings. The Hall–Kier alpha value is -1.46. The Morgan fingerprint density at radius 2 is 2.00 bits per heavy atom. The van der Waals surface area contributed by atoms with E-state index in [0.717, 1.165) is 36.8 Å². The van der Waals surface area contributed by atoms with Crippen molar-refractivity contribution < 1.29 is 20.1 Å². The highest BCUT2D eigenvalue weighted by Crippen LogP contribution is 2.35. The van der Waals surface area contributed by atoms with Crippen molar-refractivity contribution in [2.75, 3.05) is 13.2 Å². The number of aliphatic hydroxyl groups is 3. The van der Waals surface area contributed by atoms with Crippen LogP contribution in [0.4, 0.5) is 0 Å². The first kappa shape index (κ1) is 25.8. The van der Waals surface area contributed by atoms with Gasteiger partial charge in [-0.1, -0.05) is 61.4 Å². The van der Waals surface area contributed by atoms with Gasteiger partial charge in [0.1, 0.15) is 0 Å². The van der Waals surface area contributed by atoms with E-state index >= 15 is 0 Å². The van der Waals surface area contributed by atoms with Crippen LogP contribution in [0.25, 0.3) is 0 Å². The number of rotatable bonds is 10. The number of hydrogen-bond donors (Lipinski definition) is 3. The van der Waals surface area contributed by atoms with Crippen molar-refractivity contribution in [1.82, 2.24) is 0 Å². The molecule has 0 saturated carbocycles. The maximum absolute atomic E-state index is 11.6. The second-order valence-electron chi connectivity index (χ2n) is 9.75. The maximum Gasteiger partial charge on any atom is 0.0916 e. The first-order valence-electron chi connectivity index (χ1n) is 11.7. The van der Waals surface area contributed by atoms with Gasteiger partial charge in [0.25, 0.3) is 0 Å². The highest BCUT2D eigenvalue weighted by atomic mass is 16.5. The quantitative estimate of drug-likeness (QED) is 0.458. The monoisotopic (exact) mass is 430 g/mol. The lowest BCUT2D eigenvalue weighted by atomic mass is 9.77. The molecule has 31 heavy (non-hydrogen) atoms. The molecule has 1 aromatic carbocycles. The molecule has 4 heteroatoms. The Labute approximate surface area is 188 Å². The van der Waals surface area contributed by atoms with Gasteiger partial charge in [-0.2, -0.15) is 0 Å². The van der Waals surface area contributed by atoms with Crippen LogP contribution in [0.2, 0.25) is 0 Å². The Kier molecular flexibility index (Phi) is 9.95. The summed E-state index contributed by atoms with van der Waals surface area (Å²) in [6, 6.07) is 10.2. The van der Waals surface area contributed by atoms with Crippen molar-refractivity contribution in [2.24, 2.45) is 5.92 Å². The zero-order valence-electron chi connectivity index (χ0n) is 19.8. The summed E-state index contributed by atoms with van der Waals surface area (Å²) < 4.78 is 6.11. The molecule has 3 N–H and O–H groups in total. The third kappa shape index (κ3) is 7.87. The number of hydrogen-bond acceptors (Lipinski definition) is 4. The molecule has 174 valence electrons. The molecule has 1 saturated heterocycles. The average molecular weight is 431 g/mol. The van der Waals surface area contributed by atoms with E-state index < -0.39 is 17.3 Å². The fourth-order valence-corrected chi connectivity index (χ4v) is 4.39. The molecule has 0 radical (unpaired) electrons. The molecule has 2 rings (SSSR count). The number of aliphatic hydroxyl groups excluding tert-OH is 2. The van der Waals surface area contributed by atoms with Gasteiger partial charge in [-0.3, -0.25) is 0 Å². The summed E-state index contributed by atoms with van der Waals surface area (Å²) in [4.78, 5) is 0. The van der Waals surface area contributed by atoms with E-state index in [1.54, 1.807) is 6.08 Å². The zero-order chi connectivity index (χ0) is 22.9. The van der Waals surface area contributed by atoms with Crippen LogP contribution in [0, 0.1) is 5.92 Å². The van der Waals surface area contributed by atoms with Crippen LogP contribution in [-0.4, -0.2) is 45.8 Å². The number of allylic oxidation sites excluding steroid dienone is 1. The molecule has 1 aromatic rings. The van der Waals surface area contributed by atoms with Gasteiger partial charge >= 0.3 is 0 Å². The molecular weight excluding hydrogens is 388 g/mol. The molecule has 0 aromatic heterocycles. The van der Waals surface area contributed by atoms with Crippen molar-refractivity contribution in [1.29, 1.82) is 0 Å². The molecule has 0 spiro atoms. The Morgan fingerprint density at radius 3 is 2.65 bits per heavy atom. The van der Waals surface area contributed by atoms with Crippen molar-refractivity contribution in [3.63, 3.8) is 0 Å². The standard InChI is InChI=1S/C27H42O4/c1-21(2)14-17-27(30,19-23-10-6-5-7-11-23)22(3)9-8-16-26(4)25(29)13-12-24(15-18-28)20-31-26/h5-7,10-11,14-15,22,25,28-30H,8-9,12-13,16-20H2,1-4H3/t22?,25-,26+,27?/m1/s1. The average Bonchev–Trinajstić information content (AvgIpc) is 2.87. The summed E-state index contributed by atoms with van der Waals surface area (Å²) in [5.74, 6) is 0.111. The van der Waals surface area contributed by atoms with Crippen LogP contribution in [0.3, 0.4) is 0 Å². The molecular formula is C27H42O4. The molecule has 1 heterocycles. The van der Waals surface area contributed by atoms with Gasteiger partial charge in [-0.25, -0.2) is 0 Å². The van der Waals surface area contributed by atoms with Gasteiger partial charge in [-0.05, 0) is 69.9 Å². The lowest BCUT2D eigenvalue weighted by molar-refractivity contribution is -0.106. The zero-order valence-corrected chi connectivity index (χ0v) is 19.8. The molecule has 1 aliphatic rings. The summed E-state index contributed by atoms with van der Waals surface area (Å²) in [5.41, 5.74) is 2.02. The van der Waals surface area contributed by atoms with Gasteiger partial charge in [0.2, 0.25) is 0 Å². The molecule has 0 aliphatic carbocycles. The van der Waals surface area contributed by atoms with Gasteiger partial charge < -0.3 is 20.1 Å². The van der Waals surface area contributed by atoms with Crippen LogP contribution in [0.1, 0.15) is 71.8 Å². The summed E-state index contributed by atoms with van der Waals surface area (Å²) >= 11 is 0. The highest BCUT2D eigenvalue weighted by molar-refractivity contribution is 5.18. The summed E-state index contributed by atoms with van der Waals surface area (Å²) in [6.45, 7) is 8.73. The van der Waals surface area contributed by atoms with Crippen LogP contribution in [0.5, 0.6) is 0 Å². The second kappa shape index (κ2) is 12.0. The van der Waals surface area contributed by atoms with Crippen molar-refractivity contribution in [3.8, 4) is 0 Å². The smallest absolute Gasteiger partial charge is 0.0916 e. The van der Waals surface area contributed by atoms with Crippen molar-refractivity contribution >= 4 is 0 Å². The minimum atomic E-state index is -0.806. The van der Waals surface area contributed by atoms with Gasteiger partial charge in [0.15, 0.2) is 0 Å². The van der Waals surface area contributed by atoms with Gasteiger partial charge in [0.05, 0.1) is 30.5 Å². The molecule has 0 bridgehead atoms. The van der Waals surface area contributed by atoms with Crippen LogP contribution < -0.4 is 0 Å². The predicted molar refractivity (Wildman–Crippen MR) is 127 cm³/mol. The topological polar surface area (TPSA) is 69.9 Å². The fourth-order valence-electron chi connectivity index (χ4n) is 4.39. The first-order chi connectivity index (χ1) is 14.7. The van der Waals surface area contributed by atoms with Gasteiger partial charge in [-0.15, -0.1) is 0 Å². The molecule has 1 aliphatic heterocycles. The van der Waals surface area contributed by atoms with E-state index in [4.69, 9.17) is 9.84 Å². The lowest BCUT2D eigenvalue weighted by Crippen LogP contribution is -2.42. The number of benzene rings is 1. The van der Waals surface area contributed by atoms with Gasteiger partial charge in [0, 0.05) is 6.42 Å². The molecule has 2 unspecified atom stereocenters. The van der Waals surface area contributed by atoms with E-state index in [9.17, 15) is 10.2 Å². The molecule has 4 atom stereocenters. The normalized spacial score (nSPS) is 26.2. The minimum absolute atomic E-state index is 0.00863. The van der Waals surface area contributed by atoms with Crippen LogP contribution >= 0.6 is 0 Å². The summed E-state index contributed by atoms with van der Waals surface area (Å²) in [5, 5.41) is 31.5. The first-order valence-corrected chi connectivity index (χ1v) is 11.7. The fraction of sp³-hybridized carbons (Fsp3) is 0.630. The van der Waals surface area contributed by atoms with Crippen molar-refractivity contribution in [2.45, 2.75) is 89.9 Å². The predicted octanol–water partition coefficient (Wildman–Crippen LogP) is 4.97. The minimum Gasteiger partial charge on any atom is -0.392 e. The molecule has 4 nitrogen and oxygen atoms in total. The second-order valence-corrected chi connectivity index (χ2v) is 9.75. The van der Waals surface area contributed by atoms with E-state index in [-0.39, 0.29) is 12.5 Å². The largest absolute Gasteiger partial charge is 0.392 e. The van der Waals surface area contributed by atoms with E-state index in [0.29, 0.717) is 25.9 Å². The Balaban J connectivity index is 2.01. The Morgan fingerprint density at radius 1 is 1.29 bits per heavy atom. The van der Waals surface area contributed by atoms with E-state index in [1.807, 2.05) is 25.1 Å². The highest BCUT2D eigenvalue weighted by Gasteiger charge is 2.37. The SMILES string of the molecule is CC(C)=CCC(O)(Cc1ccccc1)C(C)CCC[C@]1(C)OCC(=CCO)CC[C@H]1O. The number of ether oxygens (including phenoxy) is 1. The third-order valence-corrected chi connectivity index (χ3v) is 6.86.